The lowest BCUT2D eigenvalue weighted by Crippen LogP contribution is -2.53. The molecule has 0 saturated carbocycles. The molecule has 1 fully saturated rings. The molecule has 12 nitrogen and oxygen atoms in total. The second-order valence-electron chi connectivity index (χ2n) is 12.2. The van der Waals surface area contributed by atoms with E-state index in [1.807, 2.05) is 20.0 Å². The maximum atomic E-state index is 14.8. The van der Waals surface area contributed by atoms with Crippen LogP contribution in [-0.2, 0) is 20.7 Å². The van der Waals surface area contributed by atoms with Crippen molar-refractivity contribution in [3.8, 4) is 17.0 Å². The Morgan fingerprint density at radius 3 is 2.35 bits per heavy atom. The van der Waals surface area contributed by atoms with Crippen LogP contribution in [0.2, 0.25) is 0 Å². The van der Waals surface area contributed by atoms with E-state index in [4.69, 9.17) is 9.84 Å². The van der Waals surface area contributed by atoms with Crippen LogP contribution in [0.1, 0.15) is 35.7 Å². The number of hydrogen-bond donors (Lipinski definition) is 3. The number of alkyl halides is 3. The van der Waals surface area contributed by atoms with Crippen molar-refractivity contribution in [2.75, 3.05) is 52.8 Å². The molecule has 2 aromatic carbocycles. The summed E-state index contributed by atoms with van der Waals surface area (Å²) in [6, 6.07) is 8.25. The number of carbonyl (C=O) groups is 3. The lowest BCUT2D eigenvalue weighted by Gasteiger charge is -2.39. The smallest absolute Gasteiger partial charge is 0.490 e. The van der Waals surface area contributed by atoms with Gasteiger partial charge in [-0.3, -0.25) is 9.20 Å². The number of fused-ring (bicyclic) bond motifs is 1. The summed E-state index contributed by atoms with van der Waals surface area (Å²) in [7, 11) is 3.92. The highest BCUT2D eigenvalue weighted by Crippen LogP contribution is 2.32. The number of nitrogens with zero attached hydrogens (tertiary/aromatic N) is 4. The number of carboxylic acid groups (broad SMARTS) is 1. The van der Waals surface area contributed by atoms with E-state index in [1.165, 1.54) is 31.6 Å². The predicted octanol–water partition coefficient (Wildman–Crippen LogP) is 5.38. The molecule has 1 saturated heterocycles. The summed E-state index contributed by atoms with van der Waals surface area (Å²) in [6.45, 7) is 4.19. The first-order valence-corrected chi connectivity index (χ1v) is 15.8. The van der Waals surface area contributed by atoms with Crippen LogP contribution in [0.5, 0.6) is 5.75 Å². The standard InChI is InChI=1S/C31H34F2N6O4.C3H3F3O2/c1-4-20-15-21(5-6-22(20)31(42)36-16-19-9-13-39(2,14-10-19)18-26(40)41)37-29-30-35-17-24(38(30)12-11-34-29)23-7-8-25(43-3)28(33)27(23)32;1-8-2(7)3(4,5)6/h5-8,11-12,15,17,19H,4,9-10,13-14,16,18H2,1-3H3,(H2-,34,36,37,40,41,42);1H3/p+1. The molecule has 3 N–H and O–H groups in total. The number of quaternary nitrogens is 1. The van der Waals surface area contributed by atoms with Crippen LogP contribution in [0.4, 0.5) is 33.5 Å². The summed E-state index contributed by atoms with van der Waals surface area (Å²) < 4.78 is 72.5. The van der Waals surface area contributed by atoms with E-state index in [2.05, 4.69) is 25.3 Å². The fourth-order valence-electron chi connectivity index (χ4n) is 5.80. The average Bonchev–Trinajstić information content (AvgIpc) is 3.53. The molecule has 2 aromatic heterocycles. The normalized spacial score (nSPS) is 17.2. The first-order chi connectivity index (χ1) is 24.1. The first kappa shape index (κ1) is 38.5. The molecule has 0 bridgehead atoms. The molecular weight excluding hydrogens is 683 g/mol. The number of aryl methyl sites for hydroxylation is 1. The van der Waals surface area contributed by atoms with Crippen LogP contribution in [0.25, 0.3) is 16.9 Å². The van der Waals surface area contributed by atoms with Crippen LogP contribution in [0, 0.1) is 17.6 Å². The maximum Gasteiger partial charge on any atom is 0.490 e. The molecule has 5 rings (SSSR count). The number of aliphatic carboxylic acids is 1. The summed E-state index contributed by atoms with van der Waals surface area (Å²) >= 11 is 0. The summed E-state index contributed by atoms with van der Waals surface area (Å²) in [4.78, 5) is 42.6. The second kappa shape index (κ2) is 16.1. The largest absolute Gasteiger partial charge is 0.494 e. The molecule has 4 aromatic rings. The molecular formula is C34H38F5N6O6+. The number of esters is 1. The number of carbonyl (C=O) groups excluding carboxylic acids is 2. The predicted molar refractivity (Wildman–Crippen MR) is 176 cm³/mol. The van der Waals surface area contributed by atoms with Gasteiger partial charge in [-0.05, 0) is 48.2 Å². The van der Waals surface area contributed by atoms with Gasteiger partial charge in [-0.2, -0.15) is 17.6 Å². The second-order valence-corrected chi connectivity index (χ2v) is 12.2. The minimum atomic E-state index is -4.85. The van der Waals surface area contributed by atoms with Gasteiger partial charge in [0.15, 0.2) is 29.6 Å². The van der Waals surface area contributed by atoms with Crippen LogP contribution in [0.15, 0.2) is 48.9 Å². The number of nitrogens with one attached hydrogen (secondary N) is 2. The van der Waals surface area contributed by atoms with Crippen LogP contribution < -0.4 is 15.4 Å². The van der Waals surface area contributed by atoms with Gasteiger partial charge >= 0.3 is 18.1 Å². The Morgan fingerprint density at radius 1 is 1.06 bits per heavy atom. The molecule has 1 aliphatic heterocycles. The fourth-order valence-corrected chi connectivity index (χ4v) is 5.80. The number of ether oxygens (including phenoxy) is 2. The van der Waals surface area contributed by atoms with Gasteiger partial charge in [0, 0.05) is 48.6 Å². The molecule has 51 heavy (non-hydrogen) atoms. The zero-order valence-electron chi connectivity index (χ0n) is 28.3. The maximum absolute atomic E-state index is 14.8. The number of aromatic nitrogens is 3. The summed E-state index contributed by atoms with van der Waals surface area (Å²) in [5.41, 5.74) is 2.93. The average molecular weight is 722 g/mol. The molecule has 17 heteroatoms. The number of hydrogen-bond acceptors (Lipinski definition) is 8. The van der Waals surface area contributed by atoms with Gasteiger partial charge in [-0.15, -0.1) is 0 Å². The third kappa shape index (κ3) is 9.27. The lowest BCUT2D eigenvalue weighted by atomic mass is 9.95. The number of carboxylic acids is 1. The number of piperidine rings is 1. The number of rotatable bonds is 10. The van der Waals surface area contributed by atoms with E-state index < -0.39 is 29.7 Å². The molecule has 0 aliphatic carbocycles. The third-order valence-electron chi connectivity index (χ3n) is 8.60. The number of amides is 1. The number of methoxy groups -OCH3 is 2. The highest BCUT2D eigenvalue weighted by Gasteiger charge is 2.40. The quantitative estimate of drug-likeness (QED) is 0.112. The summed E-state index contributed by atoms with van der Waals surface area (Å²) in [5.74, 6) is -4.68. The van der Waals surface area contributed by atoms with Gasteiger partial charge in [0.2, 0.25) is 5.82 Å². The van der Waals surface area contributed by atoms with Crippen molar-refractivity contribution in [3.63, 3.8) is 0 Å². The van der Waals surface area contributed by atoms with Gasteiger partial charge in [-0.1, -0.05) is 6.92 Å². The Bertz CT molecular complexity index is 1890. The van der Waals surface area contributed by atoms with Gasteiger partial charge in [0.05, 0.1) is 46.2 Å². The minimum Gasteiger partial charge on any atom is -0.494 e. The number of imidazole rings is 1. The van der Waals surface area contributed by atoms with Crippen LogP contribution in [0.3, 0.4) is 0 Å². The van der Waals surface area contributed by atoms with Crippen LogP contribution in [-0.4, -0.2) is 95.4 Å². The number of likely N-dealkylation sites (tertiary alicyclic amines) is 1. The van der Waals surface area contributed by atoms with Crippen LogP contribution >= 0.6 is 0 Å². The fraction of sp³-hybridized carbons (Fsp3) is 0.382. The van der Waals surface area contributed by atoms with E-state index in [1.54, 1.807) is 22.7 Å². The Morgan fingerprint density at radius 2 is 1.76 bits per heavy atom. The zero-order chi connectivity index (χ0) is 37.5. The molecule has 1 aliphatic rings. The molecule has 274 valence electrons. The van der Waals surface area contributed by atoms with Crippen molar-refractivity contribution in [1.29, 1.82) is 0 Å². The number of likely N-dealkylation sites (N-methyl/N-ethyl adjacent to an activating group) is 1. The van der Waals surface area contributed by atoms with Crippen molar-refractivity contribution in [1.82, 2.24) is 19.7 Å². The van der Waals surface area contributed by atoms with Crippen molar-refractivity contribution in [2.45, 2.75) is 32.4 Å². The Labute approximate surface area is 289 Å². The molecule has 0 atom stereocenters. The van der Waals surface area contributed by atoms with E-state index in [-0.39, 0.29) is 23.8 Å². The SMILES string of the molecule is CCc1cc(Nc2nccn3c(-c4ccc(OC)c(F)c4F)cnc23)ccc1C(=O)NCC1CC[N+](C)(CC(=O)O)CC1.COC(=O)C(F)(F)F. The van der Waals surface area contributed by atoms with E-state index in [0.29, 0.717) is 58.9 Å². The lowest BCUT2D eigenvalue weighted by molar-refractivity contribution is -0.908. The Kier molecular flexibility index (Phi) is 12.2. The Hall–Kier alpha value is -5.32. The van der Waals surface area contributed by atoms with Crippen molar-refractivity contribution in [2.24, 2.45) is 5.92 Å². The summed E-state index contributed by atoms with van der Waals surface area (Å²) in [6.07, 6.45) is 2.11. The topological polar surface area (TPSA) is 144 Å². The van der Waals surface area contributed by atoms with Gasteiger partial charge in [-0.25, -0.2) is 23.9 Å². The molecule has 3 heterocycles. The highest BCUT2D eigenvalue weighted by molar-refractivity contribution is 5.96. The molecule has 1 amide bonds. The van der Waals surface area contributed by atoms with Crippen molar-refractivity contribution < 1.29 is 55.4 Å². The van der Waals surface area contributed by atoms with Crippen molar-refractivity contribution in [3.05, 3.63) is 71.7 Å². The monoisotopic (exact) mass is 721 g/mol. The van der Waals surface area contributed by atoms with Gasteiger partial charge in [0.25, 0.3) is 5.91 Å². The van der Waals surface area contributed by atoms with Gasteiger partial charge < -0.3 is 29.7 Å². The highest BCUT2D eigenvalue weighted by atomic mass is 19.4. The van der Waals surface area contributed by atoms with Gasteiger partial charge in [0.1, 0.15) is 0 Å². The van der Waals surface area contributed by atoms with E-state index >= 15 is 0 Å². The van der Waals surface area contributed by atoms with E-state index in [9.17, 15) is 36.3 Å². The summed E-state index contributed by atoms with van der Waals surface area (Å²) in [5, 5.41) is 15.5. The minimum absolute atomic E-state index is 0.0353. The first-order valence-electron chi connectivity index (χ1n) is 15.8. The molecule has 0 unspecified atom stereocenters. The molecule has 0 spiro atoms. The number of benzene rings is 2. The molecule has 0 radical (unpaired) electrons. The van der Waals surface area contributed by atoms with Crippen molar-refractivity contribution >= 4 is 35.0 Å². The zero-order valence-corrected chi connectivity index (χ0v) is 28.3. The Balaban J connectivity index is 0.000000652. The number of anilines is 2. The third-order valence-corrected chi connectivity index (χ3v) is 8.60. The number of halogens is 5. The van der Waals surface area contributed by atoms with E-state index in [0.717, 1.165) is 31.5 Å².